The number of nitrogens with one attached hydrogen (secondary N) is 1. The zero-order valence-corrected chi connectivity index (χ0v) is 12.4. The van der Waals surface area contributed by atoms with E-state index in [9.17, 15) is 14.4 Å². The van der Waals surface area contributed by atoms with Crippen molar-refractivity contribution < 1.29 is 19.5 Å². The first-order valence-electron chi connectivity index (χ1n) is 6.52. The number of nitrogens with zero attached hydrogens (tertiary/aromatic N) is 2. The minimum absolute atomic E-state index is 0.317. The molecule has 1 atom stereocenters. The van der Waals surface area contributed by atoms with Crippen LogP contribution in [0, 0.1) is 0 Å². The number of hydrogen-bond donors (Lipinski definition) is 2. The quantitative estimate of drug-likeness (QED) is 0.851. The third-order valence-corrected chi connectivity index (χ3v) is 4.11. The zero-order chi connectivity index (χ0) is 15.4. The maximum atomic E-state index is 12.4. The Kier molecular flexibility index (Phi) is 4.79. The van der Waals surface area contributed by atoms with Crippen LogP contribution in [0.15, 0.2) is 17.5 Å². The van der Waals surface area contributed by atoms with Crippen LogP contribution in [0.25, 0.3) is 0 Å². The summed E-state index contributed by atoms with van der Waals surface area (Å²) in [5.74, 6) is -1.52. The van der Waals surface area contributed by atoms with Crippen LogP contribution in [-0.2, 0) is 16.1 Å². The van der Waals surface area contributed by atoms with Crippen molar-refractivity contribution in [3.05, 3.63) is 22.4 Å². The van der Waals surface area contributed by atoms with Gasteiger partial charge in [-0.15, -0.1) is 11.3 Å². The summed E-state index contributed by atoms with van der Waals surface area (Å²) in [7, 11) is 1.65. The van der Waals surface area contributed by atoms with Gasteiger partial charge in [0.25, 0.3) is 0 Å². The Labute approximate surface area is 126 Å². The van der Waals surface area contributed by atoms with Crippen LogP contribution in [0.3, 0.4) is 0 Å². The van der Waals surface area contributed by atoms with E-state index in [0.717, 1.165) is 4.88 Å². The number of rotatable bonds is 4. The molecule has 1 fully saturated rings. The highest BCUT2D eigenvalue weighted by molar-refractivity contribution is 7.09. The monoisotopic (exact) mass is 311 g/mol. The number of urea groups is 1. The van der Waals surface area contributed by atoms with Crippen molar-refractivity contribution in [2.75, 3.05) is 20.1 Å². The van der Waals surface area contributed by atoms with Gasteiger partial charge in [0, 0.05) is 25.0 Å². The molecule has 0 bridgehead atoms. The number of hydrogen-bond acceptors (Lipinski definition) is 4. The normalized spacial score (nSPS) is 18.2. The third-order valence-electron chi connectivity index (χ3n) is 3.24. The number of aliphatic carboxylic acids is 1. The molecule has 1 saturated heterocycles. The van der Waals surface area contributed by atoms with E-state index in [-0.39, 0.29) is 12.5 Å². The van der Waals surface area contributed by atoms with Gasteiger partial charge in [0.2, 0.25) is 5.91 Å². The van der Waals surface area contributed by atoms with E-state index in [4.69, 9.17) is 5.11 Å². The Morgan fingerprint density at radius 1 is 1.57 bits per heavy atom. The fourth-order valence-corrected chi connectivity index (χ4v) is 2.99. The predicted molar refractivity (Wildman–Crippen MR) is 76.9 cm³/mol. The van der Waals surface area contributed by atoms with Crippen molar-refractivity contribution in [3.8, 4) is 0 Å². The molecule has 1 aliphatic heterocycles. The number of thiophene rings is 1. The molecule has 0 spiro atoms. The summed E-state index contributed by atoms with van der Waals surface area (Å²) in [5.41, 5.74) is 0. The molecule has 7 nitrogen and oxygen atoms in total. The van der Waals surface area contributed by atoms with Gasteiger partial charge in [-0.05, 0) is 11.4 Å². The molecule has 2 heterocycles. The highest BCUT2D eigenvalue weighted by Crippen LogP contribution is 2.15. The van der Waals surface area contributed by atoms with E-state index >= 15 is 0 Å². The molecule has 114 valence electrons. The molecule has 1 aliphatic rings. The molecular weight excluding hydrogens is 294 g/mol. The molecule has 0 radical (unpaired) electrons. The van der Waals surface area contributed by atoms with Gasteiger partial charge in [0.1, 0.15) is 6.04 Å². The van der Waals surface area contributed by atoms with Crippen LogP contribution in [-0.4, -0.2) is 59.0 Å². The third kappa shape index (κ3) is 3.72. The largest absolute Gasteiger partial charge is 0.481 e. The van der Waals surface area contributed by atoms with Gasteiger partial charge in [-0.2, -0.15) is 0 Å². The Balaban J connectivity index is 2.07. The van der Waals surface area contributed by atoms with Crippen LogP contribution in [0.4, 0.5) is 4.79 Å². The van der Waals surface area contributed by atoms with Crippen molar-refractivity contribution in [3.63, 3.8) is 0 Å². The summed E-state index contributed by atoms with van der Waals surface area (Å²) in [6.45, 7) is 1.10. The molecule has 0 aliphatic carbocycles. The Morgan fingerprint density at radius 3 is 2.95 bits per heavy atom. The number of carboxylic acid groups (broad SMARTS) is 1. The maximum absolute atomic E-state index is 12.4. The van der Waals surface area contributed by atoms with Gasteiger partial charge in [-0.25, -0.2) is 4.79 Å². The van der Waals surface area contributed by atoms with Gasteiger partial charge in [0.15, 0.2) is 0 Å². The van der Waals surface area contributed by atoms with E-state index in [1.807, 2.05) is 17.5 Å². The van der Waals surface area contributed by atoms with Crippen LogP contribution in [0.1, 0.15) is 11.3 Å². The minimum Gasteiger partial charge on any atom is -0.481 e. The first kappa shape index (κ1) is 15.3. The molecular formula is C13H17N3O4S. The highest BCUT2D eigenvalue weighted by atomic mass is 32.1. The lowest BCUT2D eigenvalue weighted by molar-refractivity contribution is -0.142. The topological polar surface area (TPSA) is 90.0 Å². The summed E-state index contributed by atoms with van der Waals surface area (Å²) in [4.78, 5) is 39.0. The van der Waals surface area contributed by atoms with E-state index in [1.54, 1.807) is 18.4 Å². The van der Waals surface area contributed by atoms with Gasteiger partial charge in [-0.1, -0.05) is 6.07 Å². The van der Waals surface area contributed by atoms with Gasteiger partial charge in [0.05, 0.1) is 13.0 Å². The standard InChI is InChI=1S/C13H17N3O4S/c1-15(8-9-3-2-6-21-9)13(20)16-5-4-14-12(19)10(16)7-11(17)18/h2-3,6,10H,4-5,7-8H2,1H3,(H,14,19)(H,17,18). The SMILES string of the molecule is CN(Cc1cccs1)C(=O)N1CCNC(=O)C1CC(=O)O. The molecule has 21 heavy (non-hydrogen) atoms. The molecule has 3 amide bonds. The van der Waals surface area contributed by atoms with Crippen LogP contribution >= 0.6 is 11.3 Å². The fourth-order valence-electron chi connectivity index (χ4n) is 2.24. The lowest BCUT2D eigenvalue weighted by atomic mass is 10.1. The Morgan fingerprint density at radius 2 is 2.33 bits per heavy atom. The van der Waals surface area contributed by atoms with E-state index in [2.05, 4.69) is 5.32 Å². The number of piperazine rings is 1. The lowest BCUT2D eigenvalue weighted by Gasteiger charge is -2.36. The van der Waals surface area contributed by atoms with Crippen molar-refractivity contribution in [1.29, 1.82) is 0 Å². The Bertz CT molecular complexity index is 532. The first-order valence-corrected chi connectivity index (χ1v) is 7.40. The lowest BCUT2D eigenvalue weighted by Crippen LogP contribution is -2.59. The second-order valence-corrected chi connectivity index (χ2v) is 5.85. The minimum atomic E-state index is -1.10. The van der Waals surface area contributed by atoms with E-state index in [0.29, 0.717) is 19.6 Å². The molecule has 0 saturated carbocycles. The van der Waals surface area contributed by atoms with Crippen LogP contribution in [0.5, 0.6) is 0 Å². The van der Waals surface area contributed by atoms with Crippen LogP contribution in [0.2, 0.25) is 0 Å². The first-order chi connectivity index (χ1) is 9.99. The molecule has 2 rings (SSSR count). The summed E-state index contributed by atoms with van der Waals surface area (Å²) in [5, 5.41) is 13.4. The van der Waals surface area contributed by atoms with Crippen molar-refractivity contribution >= 4 is 29.2 Å². The number of carboxylic acids is 1. The van der Waals surface area contributed by atoms with Gasteiger partial charge in [-0.3, -0.25) is 9.59 Å². The predicted octanol–water partition coefficient (Wildman–Crippen LogP) is 0.575. The smallest absolute Gasteiger partial charge is 0.320 e. The van der Waals surface area contributed by atoms with Crippen molar-refractivity contribution in [1.82, 2.24) is 15.1 Å². The van der Waals surface area contributed by atoms with E-state index < -0.39 is 17.9 Å². The van der Waals surface area contributed by atoms with Gasteiger partial charge >= 0.3 is 12.0 Å². The second kappa shape index (κ2) is 6.57. The summed E-state index contributed by atoms with van der Waals surface area (Å²) < 4.78 is 0. The molecule has 0 aromatic carbocycles. The van der Waals surface area contributed by atoms with E-state index in [1.165, 1.54) is 9.80 Å². The fraction of sp³-hybridized carbons (Fsp3) is 0.462. The maximum Gasteiger partial charge on any atom is 0.320 e. The molecule has 2 N–H and O–H groups in total. The summed E-state index contributed by atoms with van der Waals surface area (Å²) in [6.07, 6.45) is -0.385. The zero-order valence-electron chi connectivity index (χ0n) is 11.6. The molecule has 1 aromatic heterocycles. The summed E-state index contributed by atoms with van der Waals surface area (Å²) in [6, 6.07) is 2.55. The molecule has 1 aromatic rings. The van der Waals surface area contributed by atoms with Crippen molar-refractivity contribution in [2.45, 2.75) is 19.0 Å². The average molecular weight is 311 g/mol. The second-order valence-electron chi connectivity index (χ2n) is 4.82. The molecule has 8 heteroatoms. The van der Waals surface area contributed by atoms with Gasteiger partial charge < -0.3 is 20.2 Å². The van der Waals surface area contributed by atoms with Crippen LogP contribution < -0.4 is 5.32 Å². The Hall–Kier alpha value is -2.09. The number of amides is 3. The number of carbonyl (C=O) groups is 3. The average Bonchev–Trinajstić information content (AvgIpc) is 2.92. The highest BCUT2D eigenvalue weighted by Gasteiger charge is 2.35. The van der Waals surface area contributed by atoms with Crippen molar-refractivity contribution in [2.24, 2.45) is 0 Å². The number of carbonyl (C=O) groups excluding carboxylic acids is 2. The molecule has 1 unspecified atom stereocenters. The summed E-state index contributed by atoms with van der Waals surface area (Å²) >= 11 is 1.54.